The molecule has 1 aliphatic heterocycles. The van der Waals surface area contributed by atoms with Gasteiger partial charge in [-0.15, -0.1) is 0 Å². The highest BCUT2D eigenvalue weighted by molar-refractivity contribution is 6.29. The third kappa shape index (κ3) is 9.45. The summed E-state index contributed by atoms with van der Waals surface area (Å²) in [5, 5.41) is 16.4. The van der Waals surface area contributed by atoms with Crippen LogP contribution in [0, 0.1) is 23.3 Å². The van der Waals surface area contributed by atoms with Crippen LogP contribution < -0.4 is 4.74 Å². The highest BCUT2D eigenvalue weighted by atomic mass is 35.5. The van der Waals surface area contributed by atoms with E-state index in [0.29, 0.717) is 65.9 Å². The molecule has 16 nitrogen and oxygen atoms in total. The fraction of sp³-hybridized carbons (Fsp3) is 0.175. The first kappa shape index (κ1) is 40.5. The lowest BCUT2D eigenvalue weighted by Crippen LogP contribution is -2.43. The highest BCUT2D eigenvalue weighted by Crippen LogP contribution is 2.28. The molecule has 8 aromatic rings. The van der Waals surface area contributed by atoms with E-state index in [1.807, 2.05) is 0 Å². The number of benzene rings is 2. The van der Waals surface area contributed by atoms with Gasteiger partial charge in [0.15, 0.2) is 29.2 Å². The van der Waals surface area contributed by atoms with Crippen molar-refractivity contribution in [2.24, 2.45) is 0 Å². The van der Waals surface area contributed by atoms with Crippen LogP contribution >= 0.6 is 11.6 Å². The molecule has 1 saturated heterocycles. The minimum Gasteiger partial charge on any atom is -0.465 e. The second kappa shape index (κ2) is 18.3. The first-order chi connectivity index (χ1) is 29.7. The molecule has 0 N–H and O–H groups in total. The van der Waals surface area contributed by atoms with Crippen molar-refractivity contribution in [3.63, 3.8) is 0 Å². The summed E-state index contributed by atoms with van der Waals surface area (Å²) in [6.07, 6.45) is 4.74. The molecule has 6 aromatic heterocycles. The number of nitrogens with zero attached hydrogens (tertiary/aromatic N) is 11. The van der Waals surface area contributed by atoms with Crippen molar-refractivity contribution < 1.29 is 40.9 Å². The quantitative estimate of drug-likeness (QED) is 0.101. The molecule has 0 bridgehead atoms. The predicted octanol–water partition coefficient (Wildman–Crippen LogP) is 6.53. The van der Waals surface area contributed by atoms with E-state index in [4.69, 9.17) is 30.1 Å². The molecular weight excluding hydrogens is 826 g/mol. The Balaban J connectivity index is 0.000000176. The molecule has 0 unspecified atom stereocenters. The maximum atomic E-state index is 14.3. The van der Waals surface area contributed by atoms with Gasteiger partial charge in [-0.2, -0.15) is 19.6 Å². The van der Waals surface area contributed by atoms with Crippen LogP contribution in [0.5, 0.6) is 5.88 Å². The Bertz CT molecular complexity index is 2760. The van der Waals surface area contributed by atoms with Gasteiger partial charge in [0.05, 0.1) is 50.1 Å². The topological polar surface area (TPSA) is 178 Å². The fourth-order valence-electron chi connectivity index (χ4n) is 6.05. The molecular formula is C40H30ClF4N11O5. The summed E-state index contributed by atoms with van der Waals surface area (Å²) in [4.78, 5) is 29.8. The summed E-state index contributed by atoms with van der Waals surface area (Å²) in [7, 11) is 0. The standard InChI is InChI=1S/C23H20F2N6O4.C17H10ClF2N5O/c24-16-4-2-1-3-15(16)13-31-20(18-5-8-35-29-18)11-19(28-31)22-26-12-17(25)23(27-22)34-14-21(32)30-6-9-33-10-7-30;18-16-12(20)8-21-17(22-16)14-7-15(13-5-6-26-24-13)25(23-14)9-10-3-1-2-4-11(10)19/h1-5,8,11-12H,6-7,9-10,13-14H2;1-8H,9H2. The summed E-state index contributed by atoms with van der Waals surface area (Å²) in [6, 6.07) is 19.3. The summed E-state index contributed by atoms with van der Waals surface area (Å²) in [5.74, 6) is -2.72. The van der Waals surface area contributed by atoms with Gasteiger partial charge in [0, 0.05) is 36.3 Å². The number of carbonyl (C=O) groups is 1. The van der Waals surface area contributed by atoms with Gasteiger partial charge in [0.2, 0.25) is 5.82 Å². The van der Waals surface area contributed by atoms with Crippen molar-refractivity contribution in [2.45, 2.75) is 13.1 Å². The third-order valence-corrected chi connectivity index (χ3v) is 9.35. The van der Waals surface area contributed by atoms with E-state index >= 15 is 0 Å². The minimum absolute atomic E-state index is 0.0669. The zero-order valence-electron chi connectivity index (χ0n) is 31.5. The average Bonchev–Trinajstić information content (AvgIpc) is 4.12. The van der Waals surface area contributed by atoms with E-state index in [1.165, 1.54) is 29.3 Å². The van der Waals surface area contributed by atoms with Gasteiger partial charge >= 0.3 is 0 Å². The Morgan fingerprint density at radius 3 is 1.70 bits per heavy atom. The molecule has 0 aliphatic carbocycles. The van der Waals surface area contributed by atoms with Crippen molar-refractivity contribution in [1.82, 2.24) is 54.7 Å². The van der Waals surface area contributed by atoms with Crippen LogP contribution in [-0.2, 0) is 22.6 Å². The summed E-state index contributed by atoms with van der Waals surface area (Å²) in [5.41, 5.74) is 3.56. The lowest BCUT2D eigenvalue weighted by atomic mass is 10.2. The SMILES string of the molecule is Fc1ccccc1Cn1nc(-c2ncc(F)c(Cl)n2)cc1-c1ccon1.O=C(COc1nc(-c2cc(-c3ccon3)n(Cc3ccccc3F)n2)ncc1F)N1CCOCC1. The molecule has 0 saturated carbocycles. The van der Waals surface area contributed by atoms with Crippen molar-refractivity contribution >= 4 is 17.5 Å². The Hall–Kier alpha value is -7.32. The number of aromatic nitrogens is 10. The monoisotopic (exact) mass is 855 g/mol. The largest absolute Gasteiger partial charge is 0.465 e. The van der Waals surface area contributed by atoms with Crippen LogP contribution in [0.25, 0.3) is 45.8 Å². The third-order valence-electron chi connectivity index (χ3n) is 9.08. The number of amides is 1. The van der Waals surface area contributed by atoms with Crippen LogP contribution in [0.2, 0.25) is 5.15 Å². The number of hydrogen-bond acceptors (Lipinski definition) is 13. The predicted molar refractivity (Wildman–Crippen MR) is 206 cm³/mol. The van der Waals surface area contributed by atoms with E-state index in [0.717, 1.165) is 12.4 Å². The first-order valence-corrected chi connectivity index (χ1v) is 18.7. The lowest BCUT2D eigenvalue weighted by Gasteiger charge is -2.26. The second-order valence-electron chi connectivity index (χ2n) is 13.1. The summed E-state index contributed by atoms with van der Waals surface area (Å²) >= 11 is 5.72. The number of carbonyl (C=O) groups excluding carboxylic acids is 1. The molecule has 7 heterocycles. The normalized spacial score (nSPS) is 12.6. The smallest absolute Gasteiger partial charge is 0.260 e. The van der Waals surface area contributed by atoms with Gasteiger partial charge in [-0.25, -0.2) is 28.1 Å². The average molecular weight is 856 g/mol. The van der Waals surface area contributed by atoms with Gasteiger partial charge in [0.1, 0.15) is 46.9 Å². The molecule has 2 aromatic carbocycles. The zero-order chi connectivity index (χ0) is 42.3. The van der Waals surface area contributed by atoms with Gasteiger partial charge in [-0.1, -0.05) is 58.3 Å². The van der Waals surface area contributed by atoms with E-state index < -0.39 is 11.6 Å². The zero-order valence-corrected chi connectivity index (χ0v) is 32.3. The van der Waals surface area contributed by atoms with Crippen LogP contribution in [-0.4, -0.2) is 93.5 Å². The van der Waals surface area contributed by atoms with Crippen molar-refractivity contribution in [3.05, 3.63) is 137 Å². The van der Waals surface area contributed by atoms with Gasteiger partial charge < -0.3 is 23.4 Å². The molecule has 0 radical (unpaired) electrons. The van der Waals surface area contributed by atoms with Gasteiger partial charge in [-0.3, -0.25) is 14.2 Å². The Labute approximate surface area is 347 Å². The van der Waals surface area contributed by atoms with Crippen molar-refractivity contribution in [3.8, 4) is 51.7 Å². The van der Waals surface area contributed by atoms with Crippen LogP contribution in [0.15, 0.2) is 107 Å². The van der Waals surface area contributed by atoms with E-state index in [9.17, 15) is 22.4 Å². The van der Waals surface area contributed by atoms with Gasteiger partial charge in [0.25, 0.3) is 11.8 Å². The number of morpholine rings is 1. The molecule has 1 amide bonds. The molecule has 21 heteroatoms. The maximum absolute atomic E-state index is 14.3. The molecule has 0 atom stereocenters. The Morgan fingerprint density at radius 2 is 1.20 bits per heavy atom. The number of ether oxygens (including phenoxy) is 2. The fourth-order valence-corrected chi connectivity index (χ4v) is 6.18. The van der Waals surface area contributed by atoms with E-state index in [1.54, 1.807) is 70.2 Å². The summed E-state index contributed by atoms with van der Waals surface area (Å²) < 4.78 is 79.4. The van der Waals surface area contributed by atoms with Crippen LogP contribution in [0.1, 0.15) is 11.1 Å². The van der Waals surface area contributed by atoms with Crippen molar-refractivity contribution in [2.75, 3.05) is 32.9 Å². The summed E-state index contributed by atoms with van der Waals surface area (Å²) in [6.45, 7) is 1.67. The Morgan fingerprint density at radius 1 is 0.672 bits per heavy atom. The molecule has 1 fully saturated rings. The highest BCUT2D eigenvalue weighted by Gasteiger charge is 2.22. The number of halogens is 5. The van der Waals surface area contributed by atoms with Crippen LogP contribution in [0.4, 0.5) is 17.6 Å². The molecule has 9 rings (SSSR count). The van der Waals surface area contributed by atoms with Gasteiger partial charge in [-0.05, 0) is 24.3 Å². The maximum Gasteiger partial charge on any atom is 0.260 e. The molecule has 310 valence electrons. The molecule has 1 aliphatic rings. The first-order valence-electron chi connectivity index (χ1n) is 18.3. The van der Waals surface area contributed by atoms with Crippen LogP contribution in [0.3, 0.4) is 0 Å². The number of hydrogen-bond donors (Lipinski definition) is 0. The second-order valence-corrected chi connectivity index (χ2v) is 13.4. The van der Waals surface area contributed by atoms with Crippen molar-refractivity contribution in [1.29, 1.82) is 0 Å². The molecule has 0 spiro atoms. The minimum atomic E-state index is -0.814. The lowest BCUT2D eigenvalue weighted by molar-refractivity contribution is -0.137. The Kier molecular flexibility index (Phi) is 12.1. The number of rotatable bonds is 11. The molecule has 61 heavy (non-hydrogen) atoms. The van der Waals surface area contributed by atoms with E-state index in [2.05, 4.69) is 40.4 Å². The van der Waals surface area contributed by atoms with E-state index in [-0.39, 0.29) is 65.6 Å².